The predicted molar refractivity (Wildman–Crippen MR) is 83.0 cm³/mol. The molecule has 1 saturated heterocycles. The van der Waals surface area contributed by atoms with E-state index in [1.807, 2.05) is 5.51 Å². The van der Waals surface area contributed by atoms with Crippen molar-refractivity contribution in [1.29, 1.82) is 0 Å². The Hall–Kier alpha value is -1.33. The van der Waals surface area contributed by atoms with Crippen LogP contribution in [-0.4, -0.2) is 43.1 Å². The maximum Gasteiger partial charge on any atom is 0.106 e. The number of anilines is 2. The molecule has 4 nitrogen and oxygen atoms in total. The summed E-state index contributed by atoms with van der Waals surface area (Å²) in [6, 6.07) is 4.98. The van der Waals surface area contributed by atoms with E-state index in [2.05, 4.69) is 41.0 Å². The van der Waals surface area contributed by atoms with Gasteiger partial charge in [-0.15, -0.1) is 11.3 Å². The summed E-state index contributed by atoms with van der Waals surface area (Å²) >= 11 is 1.64. The second-order valence-corrected chi connectivity index (χ2v) is 6.27. The number of nitrogens with two attached hydrogens (primary N) is 1. The second-order valence-electron chi connectivity index (χ2n) is 5.38. The van der Waals surface area contributed by atoms with Gasteiger partial charge in [-0.2, -0.15) is 0 Å². The number of fused-ring (bicyclic) bond motifs is 1. The highest BCUT2D eigenvalue weighted by Gasteiger charge is 2.22. The highest BCUT2D eigenvalue weighted by molar-refractivity contribution is 7.16. The van der Waals surface area contributed by atoms with Crippen molar-refractivity contribution in [3.05, 3.63) is 17.6 Å². The van der Waals surface area contributed by atoms with Gasteiger partial charge in [0.2, 0.25) is 0 Å². The molecule has 0 bridgehead atoms. The molecular formula is C14H20N4S. The van der Waals surface area contributed by atoms with E-state index >= 15 is 0 Å². The van der Waals surface area contributed by atoms with E-state index in [4.69, 9.17) is 5.73 Å². The number of nitrogens with zero attached hydrogens (tertiary/aromatic N) is 3. The average Bonchev–Trinajstić information content (AvgIpc) is 2.88. The Bertz CT molecular complexity index is 570. The number of aromatic nitrogens is 1. The Morgan fingerprint density at radius 2 is 2.05 bits per heavy atom. The number of nitrogen functional groups attached to an aromatic ring is 1. The van der Waals surface area contributed by atoms with Gasteiger partial charge in [0.15, 0.2) is 0 Å². The minimum atomic E-state index is 0.695. The fraction of sp³-hybridized carbons (Fsp3) is 0.500. The lowest BCUT2D eigenvalue weighted by atomic mass is 10.0. The zero-order chi connectivity index (χ0) is 13.4. The third-order valence-corrected chi connectivity index (χ3v) is 4.85. The molecule has 0 amide bonds. The van der Waals surface area contributed by atoms with Crippen molar-refractivity contribution in [2.45, 2.75) is 18.9 Å². The summed E-state index contributed by atoms with van der Waals surface area (Å²) in [7, 11) is 4.33. The first kappa shape index (κ1) is 12.7. The number of thiazole rings is 1. The maximum atomic E-state index is 6.28. The molecule has 0 spiro atoms. The highest BCUT2D eigenvalue weighted by atomic mass is 32.1. The molecule has 1 aliphatic rings. The van der Waals surface area contributed by atoms with Gasteiger partial charge in [0.05, 0.1) is 21.6 Å². The number of hydrogen-bond donors (Lipinski definition) is 1. The van der Waals surface area contributed by atoms with E-state index in [0.717, 1.165) is 30.0 Å². The molecule has 0 radical (unpaired) electrons. The van der Waals surface area contributed by atoms with Crippen LogP contribution in [0.25, 0.3) is 10.2 Å². The lowest BCUT2D eigenvalue weighted by Gasteiger charge is -2.37. The van der Waals surface area contributed by atoms with E-state index in [0.29, 0.717) is 6.04 Å². The molecule has 102 valence electrons. The summed E-state index contributed by atoms with van der Waals surface area (Å²) in [4.78, 5) is 9.10. The average molecular weight is 276 g/mol. The zero-order valence-corrected chi connectivity index (χ0v) is 12.3. The number of benzene rings is 1. The Balaban J connectivity index is 1.83. The normalized spacial score (nSPS) is 17.5. The summed E-state index contributed by atoms with van der Waals surface area (Å²) in [6.07, 6.45) is 2.39. The largest absolute Gasteiger partial charge is 0.395 e. The summed E-state index contributed by atoms with van der Waals surface area (Å²) in [5, 5.41) is 0. The van der Waals surface area contributed by atoms with Gasteiger partial charge in [-0.3, -0.25) is 0 Å². The van der Waals surface area contributed by atoms with Crippen LogP contribution in [0.5, 0.6) is 0 Å². The lowest BCUT2D eigenvalue weighted by Crippen LogP contribution is -2.42. The topological polar surface area (TPSA) is 45.4 Å². The molecule has 2 aromatic rings. The van der Waals surface area contributed by atoms with Crippen LogP contribution in [0.1, 0.15) is 12.8 Å². The molecule has 1 aromatic carbocycles. The number of hydrogen-bond acceptors (Lipinski definition) is 5. The molecular weight excluding hydrogens is 256 g/mol. The summed E-state index contributed by atoms with van der Waals surface area (Å²) in [6.45, 7) is 2.14. The SMILES string of the molecule is CN(C)C1CCN(c2ccc3scnc3c2N)CC1. The van der Waals surface area contributed by atoms with Gasteiger partial charge in [0.1, 0.15) is 5.52 Å². The molecule has 1 aliphatic heterocycles. The van der Waals surface area contributed by atoms with Gasteiger partial charge < -0.3 is 15.5 Å². The molecule has 3 rings (SSSR count). The third-order valence-electron chi connectivity index (χ3n) is 4.05. The molecule has 2 N–H and O–H groups in total. The number of piperidine rings is 1. The van der Waals surface area contributed by atoms with Gasteiger partial charge in [-0.25, -0.2) is 4.98 Å². The maximum absolute atomic E-state index is 6.28. The summed E-state index contributed by atoms with van der Waals surface area (Å²) in [5.41, 5.74) is 11.1. The second kappa shape index (κ2) is 4.98. The third kappa shape index (κ3) is 2.28. The highest BCUT2D eigenvalue weighted by Crippen LogP contribution is 2.34. The molecule has 0 saturated carbocycles. The smallest absolute Gasteiger partial charge is 0.106 e. The van der Waals surface area contributed by atoms with Crippen LogP contribution in [0.2, 0.25) is 0 Å². The van der Waals surface area contributed by atoms with E-state index in [1.165, 1.54) is 17.5 Å². The molecule has 1 fully saturated rings. The summed E-state index contributed by atoms with van der Waals surface area (Å²) < 4.78 is 1.17. The van der Waals surface area contributed by atoms with Crippen molar-refractivity contribution < 1.29 is 0 Å². The van der Waals surface area contributed by atoms with Crippen LogP contribution < -0.4 is 10.6 Å². The van der Waals surface area contributed by atoms with Crippen molar-refractivity contribution in [2.24, 2.45) is 0 Å². The fourth-order valence-electron chi connectivity index (χ4n) is 2.84. The summed E-state index contributed by atoms with van der Waals surface area (Å²) in [5.74, 6) is 0. The van der Waals surface area contributed by atoms with E-state index in [1.54, 1.807) is 11.3 Å². The Morgan fingerprint density at radius 1 is 1.32 bits per heavy atom. The Labute approximate surface area is 117 Å². The van der Waals surface area contributed by atoms with Crippen LogP contribution in [0.3, 0.4) is 0 Å². The Morgan fingerprint density at radius 3 is 2.74 bits per heavy atom. The van der Waals surface area contributed by atoms with Gasteiger partial charge in [-0.05, 0) is 39.1 Å². The van der Waals surface area contributed by atoms with Crippen molar-refractivity contribution in [3.8, 4) is 0 Å². The lowest BCUT2D eigenvalue weighted by molar-refractivity contribution is 0.250. The standard InChI is InChI=1S/C14H20N4S/c1-17(2)10-5-7-18(8-6-10)11-3-4-12-14(13(11)15)16-9-19-12/h3-4,9-10H,5-8,15H2,1-2H3. The molecule has 5 heteroatoms. The van der Waals surface area contributed by atoms with Gasteiger partial charge in [0, 0.05) is 19.1 Å². The van der Waals surface area contributed by atoms with Crippen molar-refractivity contribution in [1.82, 2.24) is 9.88 Å². The van der Waals surface area contributed by atoms with Crippen LogP contribution in [0.4, 0.5) is 11.4 Å². The monoisotopic (exact) mass is 276 g/mol. The predicted octanol–water partition coefficient (Wildman–Crippen LogP) is 2.41. The van der Waals surface area contributed by atoms with Crippen LogP contribution in [0.15, 0.2) is 17.6 Å². The quantitative estimate of drug-likeness (QED) is 0.856. The van der Waals surface area contributed by atoms with Crippen LogP contribution in [0, 0.1) is 0 Å². The van der Waals surface area contributed by atoms with E-state index in [9.17, 15) is 0 Å². The molecule has 0 atom stereocenters. The fourth-order valence-corrected chi connectivity index (χ4v) is 3.53. The van der Waals surface area contributed by atoms with Crippen LogP contribution >= 0.6 is 11.3 Å². The number of rotatable bonds is 2. The first-order chi connectivity index (χ1) is 9.16. The molecule has 1 aromatic heterocycles. The Kier molecular flexibility index (Phi) is 3.33. The first-order valence-corrected chi connectivity index (χ1v) is 7.58. The van der Waals surface area contributed by atoms with Crippen molar-refractivity contribution >= 4 is 32.9 Å². The van der Waals surface area contributed by atoms with Crippen molar-refractivity contribution in [3.63, 3.8) is 0 Å². The molecule has 19 heavy (non-hydrogen) atoms. The molecule has 0 aliphatic carbocycles. The van der Waals surface area contributed by atoms with Gasteiger partial charge >= 0.3 is 0 Å². The zero-order valence-electron chi connectivity index (χ0n) is 11.5. The van der Waals surface area contributed by atoms with Crippen LogP contribution in [-0.2, 0) is 0 Å². The minimum Gasteiger partial charge on any atom is -0.395 e. The molecule has 0 unspecified atom stereocenters. The van der Waals surface area contributed by atoms with Gasteiger partial charge in [0.25, 0.3) is 0 Å². The van der Waals surface area contributed by atoms with Gasteiger partial charge in [-0.1, -0.05) is 0 Å². The minimum absolute atomic E-state index is 0.695. The van der Waals surface area contributed by atoms with E-state index < -0.39 is 0 Å². The molecule has 2 heterocycles. The van der Waals surface area contributed by atoms with E-state index in [-0.39, 0.29) is 0 Å². The van der Waals surface area contributed by atoms with Crippen molar-refractivity contribution in [2.75, 3.05) is 37.8 Å². The first-order valence-electron chi connectivity index (χ1n) is 6.70.